The van der Waals surface area contributed by atoms with Gasteiger partial charge in [0.1, 0.15) is 24.2 Å². The molecule has 2 amide bonds. The van der Waals surface area contributed by atoms with Crippen molar-refractivity contribution in [2.24, 2.45) is 11.8 Å². The van der Waals surface area contributed by atoms with E-state index in [1.807, 2.05) is 49.4 Å². The molecule has 1 aliphatic heterocycles. The van der Waals surface area contributed by atoms with Gasteiger partial charge in [-0.15, -0.1) is 0 Å². The third-order valence-electron chi connectivity index (χ3n) is 6.20. The largest absolute Gasteiger partial charge is 0.501 e. The number of benzene rings is 1. The molecule has 3 rings (SSSR count). The SMILES string of the molecule is COC1=CCC(CN2C(=O)C(NC(=O)OCc3ccccc3)[C@H]2C(C)COC(C)(C)O)C(OC)=C1. The van der Waals surface area contributed by atoms with Gasteiger partial charge in [0.2, 0.25) is 5.91 Å². The smallest absolute Gasteiger partial charge is 0.408 e. The lowest BCUT2D eigenvalue weighted by atomic mass is 9.83. The van der Waals surface area contributed by atoms with E-state index in [1.165, 1.54) is 0 Å². The lowest BCUT2D eigenvalue weighted by Gasteiger charge is -2.51. The summed E-state index contributed by atoms with van der Waals surface area (Å²) in [7, 11) is 3.20. The molecule has 0 spiro atoms. The second-order valence-corrected chi connectivity index (χ2v) is 9.39. The van der Waals surface area contributed by atoms with Crippen LogP contribution >= 0.6 is 0 Å². The van der Waals surface area contributed by atoms with Crippen molar-refractivity contribution in [1.82, 2.24) is 10.2 Å². The third-order valence-corrected chi connectivity index (χ3v) is 6.20. The minimum atomic E-state index is -1.30. The number of rotatable bonds is 11. The summed E-state index contributed by atoms with van der Waals surface area (Å²) < 4.78 is 21.7. The first-order valence-electron chi connectivity index (χ1n) is 11.8. The van der Waals surface area contributed by atoms with Gasteiger partial charge in [0, 0.05) is 24.5 Å². The van der Waals surface area contributed by atoms with Crippen LogP contribution in [0.1, 0.15) is 32.8 Å². The van der Waals surface area contributed by atoms with E-state index in [0.29, 0.717) is 13.0 Å². The zero-order valence-electron chi connectivity index (χ0n) is 21.0. The molecule has 1 fully saturated rings. The number of aliphatic hydroxyl groups is 1. The molecule has 1 aliphatic carbocycles. The molecule has 0 radical (unpaired) electrons. The number of β-lactam (4-membered cyclic amide) rings is 1. The Balaban J connectivity index is 1.68. The third kappa shape index (κ3) is 6.99. The number of hydrogen-bond acceptors (Lipinski definition) is 7. The highest BCUT2D eigenvalue weighted by atomic mass is 16.6. The fourth-order valence-electron chi connectivity index (χ4n) is 4.35. The minimum absolute atomic E-state index is 0.0428. The summed E-state index contributed by atoms with van der Waals surface area (Å²) in [5, 5.41) is 12.7. The zero-order valence-corrected chi connectivity index (χ0v) is 21.0. The van der Waals surface area contributed by atoms with E-state index >= 15 is 0 Å². The maximum atomic E-state index is 13.1. The first-order chi connectivity index (χ1) is 16.6. The monoisotopic (exact) mass is 488 g/mol. The number of amides is 2. The van der Waals surface area contributed by atoms with Crippen molar-refractivity contribution in [1.29, 1.82) is 0 Å². The summed E-state index contributed by atoms with van der Waals surface area (Å²) >= 11 is 0. The fourth-order valence-corrected chi connectivity index (χ4v) is 4.35. The molecule has 1 aromatic carbocycles. The number of carbonyl (C=O) groups is 2. The minimum Gasteiger partial charge on any atom is -0.501 e. The van der Waals surface area contributed by atoms with Gasteiger partial charge in [-0.1, -0.05) is 37.3 Å². The molecule has 1 aromatic rings. The highest BCUT2D eigenvalue weighted by Crippen LogP contribution is 2.33. The van der Waals surface area contributed by atoms with Crippen molar-refractivity contribution < 1.29 is 33.6 Å². The predicted octanol–water partition coefficient (Wildman–Crippen LogP) is 2.95. The van der Waals surface area contributed by atoms with Crippen molar-refractivity contribution >= 4 is 12.0 Å². The van der Waals surface area contributed by atoms with Gasteiger partial charge < -0.3 is 34.3 Å². The number of carbonyl (C=O) groups excluding carboxylic acids is 2. The molecule has 3 unspecified atom stereocenters. The van der Waals surface area contributed by atoms with Crippen molar-refractivity contribution in [3.8, 4) is 0 Å². The Bertz CT molecular complexity index is 939. The number of alkyl carbamates (subject to hydrolysis) is 1. The average molecular weight is 489 g/mol. The molecule has 0 bridgehead atoms. The topological polar surface area (TPSA) is 107 Å². The molecule has 192 valence electrons. The number of nitrogens with one attached hydrogen (secondary N) is 1. The number of nitrogens with zero attached hydrogens (tertiary/aromatic N) is 1. The number of likely N-dealkylation sites (tertiary alicyclic amines) is 1. The van der Waals surface area contributed by atoms with Crippen molar-refractivity contribution in [3.05, 3.63) is 59.6 Å². The van der Waals surface area contributed by atoms with E-state index in [9.17, 15) is 14.7 Å². The zero-order chi connectivity index (χ0) is 25.6. The van der Waals surface area contributed by atoms with Crippen LogP contribution in [0, 0.1) is 11.8 Å². The Morgan fingerprint density at radius 1 is 1.23 bits per heavy atom. The van der Waals surface area contributed by atoms with Gasteiger partial charge in [0.15, 0.2) is 5.79 Å². The molecule has 1 heterocycles. The first-order valence-corrected chi connectivity index (χ1v) is 11.8. The molecule has 0 saturated carbocycles. The molecular formula is C26H36N2O7. The Morgan fingerprint density at radius 2 is 1.94 bits per heavy atom. The predicted molar refractivity (Wildman–Crippen MR) is 129 cm³/mol. The molecule has 2 aliphatic rings. The number of methoxy groups -OCH3 is 2. The molecule has 4 atom stereocenters. The maximum absolute atomic E-state index is 13.1. The van der Waals surface area contributed by atoms with Crippen LogP contribution in [0.4, 0.5) is 4.79 Å². The van der Waals surface area contributed by atoms with E-state index in [4.69, 9.17) is 18.9 Å². The maximum Gasteiger partial charge on any atom is 0.408 e. The van der Waals surface area contributed by atoms with Crippen molar-refractivity contribution in [3.63, 3.8) is 0 Å². The second-order valence-electron chi connectivity index (χ2n) is 9.39. The molecule has 0 aromatic heterocycles. The highest BCUT2D eigenvalue weighted by Gasteiger charge is 2.51. The van der Waals surface area contributed by atoms with Crippen LogP contribution in [0.5, 0.6) is 0 Å². The second kappa shape index (κ2) is 11.6. The van der Waals surface area contributed by atoms with Gasteiger partial charge in [0.25, 0.3) is 0 Å². The van der Waals surface area contributed by atoms with Crippen LogP contribution < -0.4 is 5.32 Å². The Kier molecular flexibility index (Phi) is 8.80. The van der Waals surface area contributed by atoms with Crippen LogP contribution in [0.25, 0.3) is 0 Å². The summed E-state index contributed by atoms with van der Waals surface area (Å²) in [6.07, 6.45) is 3.79. The fraction of sp³-hybridized carbons (Fsp3) is 0.538. The summed E-state index contributed by atoms with van der Waals surface area (Å²) in [4.78, 5) is 27.4. The van der Waals surface area contributed by atoms with Crippen LogP contribution in [-0.2, 0) is 30.3 Å². The van der Waals surface area contributed by atoms with E-state index in [0.717, 1.165) is 17.1 Å². The Labute approximate surface area is 206 Å². The van der Waals surface area contributed by atoms with E-state index in [2.05, 4.69) is 5.32 Å². The standard InChI is InChI=1S/C26H36N2O7/c1-17(15-35-26(2,3)31)23-22(27-25(30)34-16-18-9-7-6-8-10-18)24(29)28(23)14-19-11-12-20(32-4)13-21(19)33-5/h6-10,12-13,17,19,22-23,31H,11,14-16H2,1-5H3,(H,27,30)/t17?,19?,22?,23-/m1/s1. The lowest BCUT2D eigenvalue weighted by Crippen LogP contribution is -2.73. The van der Waals surface area contributed by atoms with Crippen molar-refractivity contribution in [2.75, 3.05) is 27.4 Å². The van der Waals surface area contributed by atoms with Gasteiger partial charge in [-0.25, -0.2) is 4.79 Å². The van der Waals surface area contributed by atoms with Crippen LogP contribution in [0.2, 0.25) is 0 Å². The first kappa shape index (κ1) is 26.6. The number of ether oxygens (including phenoxy) is 4. The van der Waals surface area contributed by atoms with Gasteiger partial charge in [-0.3, -0.25) is 4.79 Å². The van der Waals surface area contributed by atoms with Crippen molar-refractivity contribution in [2.45, 2.75) is 51.7 Å². The molecule has 9 heteroatoms. The van der Waals surface area contributed by atoms with Gasteiger partial charge >= 0.3 is 6.09 Å². The number of allylic oxidation sites excluding steroid dienone is 2. The van der Waals surface area contributed by atoms with Gasteiger partial charge in [-0.2, -0.15) is 0 Å². The summed E-state index contributed by atoms with van der Waals surface area (Å²) in [5.74, 6) is -0.256. The van der Waals surface area contributed by atoms with E-state index in [1.54, 1.807) is 33.0 Å². The van der Waals surface area contributed by atoms with Crippen LogP contribution in [0.15, 0.2) is 54.0 Å². The molecule has 1 saturated heterocycles. The van der Waals surface area contributed by atoms with Crippen LogP contribution in [0.3, 0.4) is 0 Å². The van der Waals surface area contributed by atoms with E-state index < -0.39 is 17.9 Å². The molecular weight excluding hydrogens is 452 g/mol. The average Bonchev–Trinajstić information content (AvgIpc) is 2.85. The quantitative estimate of drug-likeness (QED) is 0.364. The number of hydrogen-bond donors (Lipinski definition) is 2. The van der Waals surface area contributed by atoms with E-state index in [-0.39, 0.29) is 37.0 Å². The Morgan fingerprint density at radius 3 is 2.57 bits per heavy atom. The summed E-state index contributed by atoms with van der Waals surface area (Å²) in [5.41, 5.74) is 0.854. The van der Waals surface area contributed by atoms with Gasteiger partial charge in [0.05, 0.1) is 26.9 Å². The summed E-state index contributed by atoms with van der Waals surface area (Å²) in [6, 6.07) is 8.25. The van der Waals surface area contributed by atoms with Gasteiger partial charge in [-0.05, 0) is 31.9 Å². The lowest BCUT2D eigenvalue weighted by molar-refractivity contribution is -0.191. The highest BCUT2D eigenvalue weighted by molar-refractivity contribution is 5.92. The summed E-state index contributed by atoms with van der Waals surface area (Å²) in [6.45, 7) is 5.77. The normalized spacial score (nSPS) is 23.0. The molecule has 35 heavy (non-hydrogen) atoms. The molecule has 2 N–H and O–H groups in total. The van der Waals surface area contributed by atoms with Crippen LogP contribution in [-0.4, -0.2) is 67.2 Å². The Hall–Kier alpha value is -3.04. The molecule has 9 nitrogen and oxygen atoms in total.